The summed E-state index contributed by atoms with van der Waals surface area (Å²) >= 11 is 0. The maximum absolute atomic E-state index is 11.6. The van der Waals surface area contributed by atoms with E-state index in [1.54, 1.807) is 0 Å². The zero-order valence-electron chi connectivity index (χ0n) is 18.6. The highest BCUT2D eigenvalue weighted by Crippen LogP contribution is 2.16. The zero-order chi connectivity index (χ0) is 21.2. The Labute approximate surface area is 169 Å². The van der Waals surface area contributed by atoms with Crippen LogP contribution in [-0.2, 0) is 31.2 Å². The van der Waals surface area contributed by atoms with Gasteiger partial charge in [-0.1, -0.05) is 13.8 Å². The molecule has 0 aliphatic carbocycles. The van der Waals surface area contributed by atoms with Gasteiger partial charge in [0.2, 0.25) is 0 Å². The van der Waals surface area contributed by atoms with E-state index in [2.05, 4.69) is 34.9 Å². The third-order valence-electron chi connectivity index (χ3n) is 4.08. The van der Waals surface area contributed by atoms with Gasteiger partial charge >= 0.3 is 6.09 Å². The molecule has 0 unspecified atom stereocenters. The fourth-order valence-corrected chi connectivity index (χ4v) is 2.87. The topological polar surface area (TPSA) is 92.6 Å². The smallest absolute Gasteiger partial charge is 0.407 e. The van der Waals surface area contributed by atoms with Crippen LogP contribution in [0.2, 0.25) is 0 Å². The molecule has 0 spiro atoms. The van der Waals surface area contributed by atoms with E-state index in [0.717, 1.165) is 37.5 Å². The second-order valence-electron chi connectivity index (χ2n) is 7.61. The monoisotopic (exact) mass is 394 g/mol. The average Bonchev–Trinajstić information content (AvgIpc) is 2.92. The highest BCUT2D eigenvalue weighted by Gasteiger charge is 2.15. The van der Waals surface area contributed by atoms with Crippen molar-refractivity contribution >= 4 is 12.1 Å². The molecule has 0 saturated heterocycles. The van der Waals surface area contributed by atoms with Gasteiger partial charge in [-0.15, -0.1) is 0 Å². The summed E-state index contributed by atoms with van der Waals surface area (Å²) in [6.07, 6.45) is 2.23. The van der Waals surface area contributed by atoms with Crippen LogP contribution in [0, 0.1) is 0 Å². The number of carbonyl (C=O) groups excluding carboxylic acids is 1. The Morgan fingerprint density at radius 2 is 1.79 bits per heavy atom. The summed E-state index contributed by atoms with van der Waals surface area (Å²) < 4.78 is 7.19. The molecule has 3 N–H and O–H groups in total. The SMILES string of the molecule is CCNC(=NCc1c(CC)nn(C)c1CC)NCCCNC(=O)OC(C)(C)C. The van der Waals surface area contributed by atoms with Crippen LogP contribution in [0.3, 0.4) is 0 Å². The Bertz CT molecular complexity index is 646. The van der Waals surface area contributed by atoms with Gasteiger partial charge < -0.3 is 20.7 Å². The maximum Gasteiger partial charge on any atom is 0.407 e. The first-order valence-corrected chi connectivity index (χ1v) is 10.2. The fraction of sp³-hybridized carbons (Fsp3) is 0.750. The lowest BCUT2D eigenvalue weighted by atomic mass is 10.1. The van der Waals surface area contributed by atoms with E-state index in [1.807, 2.05) is 39.4 Å². The van der Waals surface area contributed by atoms with Gasteiger partial charge in [-0.05, 0) is 47.0 Å². The van der Waals surface area contributed by atoms with Crippen LogP contribution < -0.4 is 16.0 Å². The predicted molar refractivity (Wildman–Crippen MR) is 114 cm³/mol. The highest BCUT2D eigenvalue weighted by molar-refractivity contribution is 5.79. The minimum absolute atomic E-state index is 0.385. The first-order chi connectivity index (χ1) is 13.2. The third-order valence-corrected chi connectivity index (χ3v) is 4.08. The van der Waals surface area contributed by atoms with Gasteiger partial charge in [-0.3, -0.25) is 4.68 Å². The predicted octanol–water partition coefficient (Wildman–Crippen LogP) is 2.51. The number of aromatic nitrogens is 2. The van der Waals surface area contributed by atoms with Crippen molar-refractivity contribution in [1.82, 2.24) is 25.7 Å². The standard InChI is InChI=1S/C20H38N6O2/c1-8-16-15(17(9-2)26(7)25-16)14-24-18(21-10-3)22-12-11-13-23-19(27)28-20(4,5)6/h8-14H2,1-7H3,(H,23,27)(H2,21,22,24). The molecule has 1 aromatic heterocycles. The molecule has 0 bridgehead atoms. The molecular formula is C20H38N6O2. The molecule has 1 aromatic rings. The lowest BCUT2D eigenvalue weighted by Gasteiger charge is -2.19. The number of hydrogen-bond acceptors (Lipinski definition) is 4. The highest BCUT2D eigenvalue weighted by atomic mass is 16.6. The molecule has 0 fully saturated rings. The lowest BCUT2D eigenvalue weighted by Crippen LogP contribution is -2.39. The number of rotatable bonds is 9. The van der Waals surface area contributed by atoms with Crippen molar-refractivity contribution in [2.75, 3.05) is 19.6 Å². The Kier molecular flexibility index (Phi) is 9.82. The summed E-state index contributed by atoms with van der Waals surface area (Å²) in [4.78, 5) is 16.4. The number of carbonyl (C=O) groups is 1. The molecule has 0 saturated carbocycles. The molecule has 1 rings (SSSR count). The fourth-order valence-electron chi connectivity index (χ4n) is 2.87. The van der Waals surface area contributed by atoms with Gasteiger partial charge in [0.05, 0.1) is 12.2 Å². The molecule has 0 atom stereocenters. The first kappa shape index (κ1) is 23.8. The number of hydrogen-bond donors (Lipinski definition) is 3. The number of ether oxygens (including phenoxy) is 1. The largest absolute Gasteiger partial charge is 0.444 e. The molecule has 0 aromatic carbocycles. The normalized spacial score (nSPS) is 12.0. The molecule has 0 aliphatic heterocycles. The summed E-state index contributed by atoms with van der Waals surface area (Å²) in [5.41, 5.74) is 3.09. The van der Waals surface area contributed by atoms with Crippen LogP contribution >= 0.6 is 0 Å². The van der Waals surface area contributed by atoms with Crippen molar-refractivity contribution in [2.24, 2.45) is 12.0 Å². The molecular weight excluding hydrogens is 356 g/mol. The first-order valence-electron chi connectivity index (χ1n) is 10.2. The molecule has 8 nitrogen and oxygen atoms in total. The van der Waals surface area contributed by atoms with Crippen molar-refractivity contribution in [3.05, 3.63) is 17.0 Å². The van der Waals surface area contributed by atoms with Crippen LogP contribution in [0.4, 0.5) is 4.79 Å². The van der Waals surface area contributed by atoms with E-state index in [0.29, 0.717) is 19.6 Å². The van der Waals surface area contributed by atoms with Crippen molar-refractivity contribution in [2.45, 2.75) is 73.0 Å². The Morgan fingerprint density at radius 3 is 2.36 bits per heavy atom. The minimum Gasteiger partial charge on any atom is -0.444 e. The van der Waals surface area contributed by atoms with Crippen molar-refractivity contribution in [1.29, 1.82) is 0 Å². The molecule has 160 valence electrons. The van der Waals surface area contributed by atoms with E-state index >= 15 is 0 Å². The molecule has 1 heterocycles. The second kappa shape index (κ2) is 11.6. The molecule has 8 heteroatoms. The number of nitrogens with one attached hydrogen (secondary N) is 3. The lowest BCUT2D eigenvalue weighted by molar-refractivity contribution is 0.0527. The Morgan fingerprint density at radius 1 is 1.11 bits per heavy atom. The van der Waals surface area contributed by atoms with Gasteiger partial charge in [0.1, 0.15) is 5.60 Å². The van der Waals surface area contributed by atoms with Gasteiger partial charge in [0, 0.05) is 37.9 Å². The summed E-state index contributed by atoms with van der Waals surface area (Å²) in [6.45, 7) is 14.5. The van der Waals surface area contributed by atoms with Crippen LogP contribution in [0.25, 0.3) is 0 Å². The number of guanidine groups is 1. The van der Waals surface area contributed by atoms with Crippen LogP contribution in [0.5, 0.6) is 0 Å². The number of alkyl carbamates (subject to hydrolysis) is 1. The minimum atomic E-state index is -0.478. The number of aryl methyl sites for hydroxylation is 2. The quantitative estimate of drug-likeness (QED) is 0.340. The van der Waals surface area contributed by atoms with E-state index < -0.39 is 5.60 Å². The Hall–Kier alpha value is -2.25. The third kappa shape index (κ3) is 8.19. The van der Waals surface area contributed by atoms with Crippen molar-refractivity contribution in [3.8, 4) is 0 Å². The average molecular weight is 395 g/mol. The van der Waals surface area contributed by atoms with E-state index in [1.165, 1.54) is 11.3 Å². The van der Waals surface area contributed by atoms with Gasteiger partial charge in [-0.2, -0.15) is 5.10 Å². The van der Waals surface area contributed by atoms with E-state index in [4.69, 9.17) is 9.73 Å². The van der Waals surface area contributed by atoms with Gasteiger partial charge in [0.15, 0.2) is 5.96 Å². The zero-order valence-corrected chi connectivity index (χ0v) is 18.6. The molecule has 1 amide bonds. The maximum atomic E-state index is 11.6. The number of aliphatic imine (C=N–C) groups is 1. The van der Waals surface area contributed by atoms with Crippen molar-refractivity contribution < 1.29 is 9.53 Å². The summed E-state index contributed by atoms with van der Waals surface area (Å²) in [6, 6.07) is 0. The van der Waals surface area contributed by atoms with E-state index in [-0.39, 0.29) is 6.09 Å². The van der Waals surface area contributed by atoms with Crippen LogP contribution in [-0.4, -0.2) is 47.1 Å². The summed E-state index contributed by atoms with van der Waals surface area (Å²) in [5, 5.41) is 13.9. The van der Waals surface area contributed by atoms with Crippen molar-refractivity contribution in [3.63, 3.8) is 0 Å². The number of amides is 1. The molecule has 28 heavy (non-hydrogen) atoms. The Balaban J connectivity index is 2.54. The van der Waals surface area contributed by atoms with Crippen LogP contribution in [0.1, 0.15) is 64.9 Å². The summed E-state index contributed by atoms with van der Waals surface area (Å²) in [7, 11) is 1.99. The van der Waals surface area contributed by atoms with Gasteiger partial charge in [-0.25, -0.2) is 9.79 Å². The van der Waals surface area contributed by atoms with Gasteiger partial charge in [0.25, 0.3) is 0 Å². The second-order valence-corrected chi connectivity index (χ2v) is 7.61. The van der Waals surface area contributed by atoms with E-state index in [9.17, 15) is 4.79 Å². The number of nitrogens with zero attached hydrogens (tertiary/aromatic N) is 3. The molecule has 0 radical (unpaired) electrons. The van der Waals surface area contributed by atoms with Crippen LogP contribution in [0.15, 0.2) is 4.99 Å². The molecule has 0 aliphatic rings. The summed E-state index contributed by atoms with van der Waals surface area (Å²) in [5.74, 6) is 0.771.